The highest BCUT2D eigenvalue weighted by Crippen LogP contribution is 2.23. The molecule has 0 aliphatic carbocycles. The molecule has 2 aromatic rings. The van der Waals surface area contributed by atoms with Gasteiger partial charge >= 0.3 is 6.36 Å². The van der Waals surface area contributed by atoms with Crippen molar-refractivity contribution in [1.29, 1.82) is 0 Å². The largest absolute Gasteiger partial charge is 0.573 e. The van der Waals surface area contributed by atoms with Crippen molar-refractivity contribution in [2.24, 2.45) is 0 Å². The molecule has 0 fully saturated rings. The van der Waals surface area contributed by atoms with E-state index in [4.69, 9.17) is 0 Å². The van der Waals surface area contributed by atoms with Crippen LogP contribution >= 0.6 is 0 Å². The summed E-state index contributed by atoms with van der Waals surface area (Å²) in [5.74, 6) is -0.903. The van der Waals surface area contributed by atoms with Crippen molar-refractivity contribution in [3.8, 4) is 5.75 Å². The van der Waals surface area contributed by atoms with Gasteiger partial charge in [-0.2, -0.15) is 0 Å². The first-order valence-corrected chi connectivity index (χ1v) is 7.91. The van der Waals surface area contributed by atoms with Gasteiger partial charge in [0.2, 0.25) is 0 Å². The van der Waals surface area contributed by atoms with Gasteiger partial charge < -0.3 is 10.1 Å². The van der Waals surface area contributed by atoms with Crippen molar-refractivity contribution in [2.75, 3.05) is 11.6 Å². The molecular formula is C15H12F3NO3S. The van der Waals surface area contributed by atoms with Crippen molar-refractivity contribution in [2.45, 2.75) is 11.3 Å². The molecule has 1 amide bonds. The second kappa shape index (κ2) is 6.82. The first kappa shape index (κ1) is 17.0. The summed E-state index contributed by atoms with van der Waals surface area (Å²) < 4.78 is 51.3. The van der Waals surface area contributed by atoms with Crippen molar-refractivity contribution in [1.82, 2.24) is 0 Å². The number of alkyl halides is 3. The maximum absolute atomic E-state index is 12.1. The number of nitrogens with one attached hydrogen (secondary N) is 1. The maximum Gasteiger partial charge on any atom is 0.573 e. The van der Waals surface area contributed by atoms with Gasteiger partial charge in [0.1, 0.15) is 5.75 Å². The van der Waals surface area contributed by atoms with E-state index in [1.54, 1.807) is 24.3 Å². The van der Waals surface area contributed by atoms with E-state index in [0.29, 0.717) is 10.6 Å². The highest BCUT2D eigenvalue weighted by molar-refractivity contribution is 7.84. The number of amides is 1. The summed E-state index contributed by atoms with van der Waals surface area (Å²) in [5.41, 5.74) is 0.612. The van der Waals surface area contributed by atoms with E-state index in [1.165, 1.54) is 18.4 Å². The van der Waals surface area contributed by atoms with Crippen LogP contribution in [0.2, 0.25) is 0 Å². The molecule has 0 saturated carbocycles. The topological polar surface area (TPSA) is 55.4 Å². The lowest BCUT2D eigenvalue weighted by Gasteiger charge is -2.10. The van der Waals surface area contributed by atoms with Crippen LogP contribution in [-0.4, -0.2) is 22.7 Å². The lowest BCUT2D eigenvalue weighted by molar-refractivity contribution is -0.274. The molecule has 4 nitrogen and oxygen atoms in total. The predicted molar refractivity (Wildman–Crippen MR) is 79.9 cm³/mol. The van der Waals surface area contributed by atoms with E-state index in [-0.39, 0.29) is 5.56 Å². The Hall–Kier alpha value is -2.35. The number of anilines is 1. The number of hydrogen-bond donors (Lipinski definition) is 1. The molecule has 0 radical (unpaired) electrons. The van der Waals surface area contributed by atoms with Gasteiger partial charge in [-0.25, -0.2) is 0 Å². The van der Waals surface area contributed by atoms with Gasteiger partial charge in [0.15, 0.2) is 0 Å². The summed E-state index contributed by atoms with van der Waals surface area (Å²) >= 11 is 0. The molecule has 122 valence electrons. The second-order valence-electron chi connectivity index (χ2n) is 4.51. The zero-order valence-electron chi connectivity index (χ0n) is 11.9. The van der Waals surface area contributed by atoms with E-state index >= 15 is 0 Å². The molecule has 1 atom stereocenters. The lowest BCUT2D eigenvalue weighted by Crippen LogP contribution is -2.17. The van der Waals surface area contributed by atoms with E-state index in [2.05, 4.69) is 10.1 Å². The highest BCUT2D eigenvalue weighted by atomic mass is 32.2. The van der Waals surface area contributed by atoms with Gasteiger partial charge in [-0.3, -0.25) is 9.00 Å². The number of carbonyl (C=O) groups is 1. The van der Waals surface area contributed by atoms with Gasteiger partial charge in [-0.15, -0.1) is 13.2 Å². The van der Waals surface area contributed by atoms with E-state index in [0.717, 1.165) is 12.1 Å². The molecule has 23 heavy (non-hydrogen) atoms. The summed E-state index contributed by atoms with van der Waals surface area (Å²) in [7, 11) is -1.19. The van der Waals surface area contributed by atoms with Crippen LogP contribution in [0.15, 0.2) is 53.4 Å². The molecule has 0 bridgehead atoms. The molecule has 0 heterocycles. The van der Waals surface area contributed by atoms with Gasteiger partial charge in [-0.1, -0.05) is 6.07 Å². The molecule has 0 spiro atoms. The van der Waals surface area contributed by atoms with Crippen molar-refractivity contribution < 1.29 is 26.9 Å². The molecular weight excluding hydrogens is 331 g/mol. The molecule has 0 aliphatic rings. The number of halogens is 3. The summed E-state index contributed by atoms with van der Waals surface area (Å²) in [6, 6.07) is 11.0. The SMILES string of the molecule is C[S@](=O)c1cccc(NC(=O)c2ccc(OC(F)(F)F)cc2)c1. The maximum atomic E-state index is 12.1. The Morgan fingerprint density at radius 1 is 1.13 bits per heavy atom. The van der Waals surface area contributed by atoms with Crippen molar-refractivity contribution in [3.63, 3.8) is 0 Å². The Kier molecular flexibility index (Phi) is 5.05. The third-order valence-corrected chi connectivity index (χ3v) is 3.69. The Morgan fingerprint density at radius 3 is 2.35 bits per heavy atom. The molecule has 0 aromatic heterocycles. The smallest absolute Gasteiger partial charge is 0.406 e. The summed E-state index contributed by atoms with van der Waals surface area (Å²) in [6.45, 7) is 0. The molecule has 8 heteroatoms. The fraction of sp³-hybridized carbons (Fsp3) is 0.133. The predicted octanol–water partition coefficient (Wildman–Crippen LogP) is 3.57. The van der Waals surface area contributed by atoms with Crippen LogP contribution in [0.5, 0.6) is 5.75 Å². The Morgan fingerprint density at radius 2 is 1.78 bits per heavy atom. The zero-order valence-corrected chi connectivity index (χ0v) is 12.7. The highest BCUT2D eigenvalue weighted by Gasteiger charge is 2.31. The van der Waals surface area contributed by atoms with Crippen molar-refractivity contribution in [3.05, 3.63) is 54.1 Å². The minimum absolute atomic E-state index is 0.169. The Bertz CT molecular complexity index is 729. The summed E-state index contributed by atoms with van der Waals surface area (Å²) in [5, 5.41) is 2.58. The third-order valence-electron chi connectivity index (χ3n) is 2.77. The van der Waals surface area contributed by atoms with Gasteiger partial charge in [0, 0.05) is 33.2 Å². The van der Waals surface area contributed by atoms with Gasteiger partial charge in [0.05, 0.1) is 0 Å². The molecule has 0 saturated heterocycles. The number of rotatable bonds is 4. The minimum atomic E-state index is -4.78. The number of carbonyl (C=O) groups excluding carboxylic acids is 1. The molecule has 0 aliphatic heterocycles. The normalized spacial score (nSPS) is 12.5. The minimum Gasteiger partial charge on any atom is -0.406 e. The zero-order chi connectivity index (χ0) is 17.0. The van der Waals surface area contributed by atoms with Crippen LogP contribution in [0, 0.1) is 0 Å². The average molecular weight is 343 g/mol. The van der Waals surface area contributed by atoms with Crippen LogP contribution in [0.1, 0.15) is 10.4 Å². The molecule has 0 unspecified atom stereocenters. The lowest BCUT2D eigenvalue weighted by atomic mass is 10.2. The van der Waals surface area contributed by atoms with Crippen molar-refractivity contribution >= 4 is 22.4 Å². The summed E-state index contributed by atoms with van der Waals surface area (Å²) in [4.78, 5) is 12.6. The first-order chi connectivity index (χ1) is 10.7. The van der Waals surface area contributed by atoms with Gasteiger partial charge in [0.25, 0.3) is 5.91 Å². The van der Waals surface area contributed by atoms with Crippen LogP contribution in [0.25, 0.3) is 0 Å². The first-order valence-electron chi connectivity index (χ1n) is 6.35. The van der Waals surface area contributed by atoms with Crippen LogP contribution in [0.3, 0.4) is 0 Å². The average Bonchev–Trinajstić information content (AvgIpc) is 2.46. The number of ether oxygens (including phenoxy) is 1. The number of hydrogen-bond acceptors (Lipinski definition) is 3. The fourth-order valence-corrected chi connectivity index (χ4v) is 2.33. The Labute approximate surface area is 132 Å². The van der Waals surface area contributed by atoms with E-state index in [9.17, 15) is 22.2 Å². The quantitative estimate of drug-likeness (QED) is 0.923. The monoisotopic (exact) mass is 343 g/mol. The third kappa shape index (κ3) is 5.10. The van der Waals surface area contributed by atoms with Crippen LogP contribution in [-0.2, 0) is 10.8 Å². The molecule has 2 rings (SSSR count). The van der Waals surface area contributed by atoms with Gasteiger partial charge in [-0.05, 0) is 42.5 Å². The Balaban J connectivity index is 2.09. The summed E-state index contributed by atoms with van der Waals surface area (Å²) in [6.07, 6.45) is -3.26. The second-order valence-corrected chi connectivity index (χ2v) is 5.89. The van der Waals surface area contributed by atoms with E-state index in [1.807, 2.05) is 0 Å². The number of benzene rings is 2. The van der Waals surface area contributed by atoms with Crippen LogP contribution < -0.4 is 10.1 Å². The van der Waals surface area contributed by atoms with E-state index < -0.39 is 28.8 Å². The molecule has 2 aromatic carbocycles. The molecule has 1 N–H and O–H groups in total. The standard InChI is InChI=1S/C15H12F3NO3S/c1-23(21)13-4-2-3-11(9-13)19-14(20)10-5-7-12(8-6-10)22-15(16,17)18/h2-9H,1H3,(H,19,20)/t23-/m0/s1. The van der Waals surface area contributed by atoms with Crippen LogP contribution in [0.4, 0.5) is 18.9 Å². The fourth-order valence-electron chi connectivity index (χ4n) is 1.76.